The second kappa shape index (κ2) is 5.33. The van der Waals surface area contributed by atoms with E-state index in [-0.39, 0.29) is 17.2 Å². The van der Waals surface area contributed by atoms with Crippen LogP contribution < -0.4 is 5.32 Å². The van der Waals surface area contributed by atoms with E-state index in [9.17, 15) is 4.79 Å². The number of nitrogens with zero attached hydrogens (tertiary/aromatic N) is 2. The lowest BCUT2D eigenvalue weighted by Crippen LogP contribution is -2.30. The summed E-state index contributed by atoms with van der Waals surface area (Å²) in [7, 11) is 1.69. The van der Waals surface area contributed by atoms with Crippen LogP contribution >= 0.6 is 0 Å². The van der Waals surface area contributed by atoms with E-state index >= 15 is 0 Å². The van der Waals surface area contributed by atoms with E-state index in [2.05, 4.69) is 36.0 Å². The maximum atomic E-state index is 11.6. The van der Waals surface area contributed by atoms with Gasteiger partial charge in [-0.15, -0.1) is 0 Å². The van der Waals surface area contributed by atoms with Gasteiger partial charge in [-0.2, -0.15) is 0 Å². The van der Waals surface area contributed by atoms with Gasteiger partial charge in [-0.05, 0) is 13.0 Å². The van der Waals surface area contributed by atoms with Gasteiger partial charge < -0.3 is 9.73 Å². The Kier molecular flexibility index (Phi) is 3.94. The molecule has 19 heavy (non-hydrogen) atoms. The molecule has 1 aromatic heterocycles. The predicted octanol–water partition coefficient (Wildman–Crippen LogP) is 1.54. The van der Waals surface area contributed by atoms with Crippen LogP contribution in [0.1, 0.15) is 38.8 Å². The molecule has 0 spiro atoms. The Bertz CT molecular complexity index is 448. The highest BCUT2D eigenvalue weighted by Crippen LogP contribution is 2.23. The van der Waals surface area contributed by atoms with Crippen molar-refractivity contribution in [3.8, 4) is 0 Å². The van der Waals surface area contributed by atoms with Crippen LogP contribution in [0.25, 0.3) is 0 Å². The van der Waals surface area contributed by atoms with Crippen LogP contribution in [0.3, 0.4) is 0 Å². The summed E-state index contributed by atoms with van der Waals surface area (Å²) < 4.78 is 5.52. The molecule has 106 valence electrons. The van der Waals surface area contributed by atoms with Gasteiger partial charge in [0.1, 0.15) is 6.26 Å². The second-order valence-corrected chi connectivity index (χ2v) is 6.23. The number of carbonyl (C=O) groups is 1. The molecule has 1 saturated heterocycles. The van der Waals surface area contributed by atoms with Gasteiger partial charge in [0.15, 0.2) is 5.89 Å². The lowest BCUT2D eigenvalue weighted by atomic mass is 9.97. The summed E-state index contributed by atoms with van der Waals surface area (Å²) in [5.41, 5.74) is 0.885. The number of aromatic nitrogens is 1. The standard InChI is InChI=1S/C14H23N3O2/c1-14(2,3)13-16-11(9-19-13)8-17-6-5-10(7-17)12(18)15-4/h9-10H,5-8H2,1-4H3,(H,15,18). The summed E-state index contributed by atoms with van der Waals surface area (Å²) in [4.78, 5) is 18.4. The molecule has 1 atom stereocenters. The van der Waals surface area contributed by atoms with Crippen LogP contribution in [0.15, 0.2) is 10.7 Å². The highest BCUT2D eigenvalue weighted by molar-refractivity contribution is 5.78. The number of hydrogen-bond acceptors (Lipinski definition) is 4. The quantitative estimate of drug-likeness (QED) is 0.900. The molecular formula is C14H23N3O2. The third-order valence-corrected chi connectivity index (χ3v) is 3.47. The Labute approximate surface area is 114 Å². The number of likely N-dealkylation sites (tertiary alicyclic amines) is 1. The molecule has 5 nitrogen and oxygen atoms in total. The van der Waals surface area contributed by atoms with E-state index < -0.39 is 0 Å². The summed E-state index contributed by atoms with van der Waals surface area (Å²) in [6.45, 7) is 8.75. The molecule has 0 bridgehead atoms. The molecule has 1 amide bonds. The smallest absolute Gasteiger partial charge is 0.224 e. The molecule has 1 fully saturated rings. The van der Waals surface area contributed by atoms with E-state index in [0.717, 1.165) is 37.6 Å². The largest absolute Gasteiger partial charge is 0.448 e. The Morgan fingerprint density at radius 2 is 2.32 bits per heavy atom. The van der Waals surface area contributed by atoms with Crippen LogP contribution in [0.5, 0.6) is 0 Å². The maximum absolute atomic E-state index is 11.6. The van der Waals surface area contributed by atoms with Crippen LogP contribution in [-0.2, 0) is 16.8 Å². The monoisotopic (exact) mass is 265 g/mol. The highest BCUT2D eigenvalue weighted by atomic mass is 16.3. The number of rotatable bonds is 3. The van der Waals surface area contributed by atoms with Crippen molar-refractivity contribution in [3.05, 3.63) is 17.8 Å². The van der Waals surface area contributed by atoms with E-state index in [1.54, 1.807) is 13.3 Å². The van der Waals surface area contributed by atoms with E-state index in [0.29, 0.717) is 0 Å². The third-order valence-electron chi connectivity index (χ3n) is 3.47. The van der Waals surface area contributed by atoms with Crippen LogP contribution in [0.2, 0.25) is 0 Å². The molecule has 2 rings (SSSR count). The zero-order chi connectivity index (χ0) is 14.0. The fraction of sp³-hybridized carbons (Fsp3) is 0.714. The average molecular weight is 265 g/mol. The number of carbonyl (C=O) groups excluding carboxylic acids is 1. The van der Waals surface area contributed by atoms with Crippen molar-refractivity contribution in [3.63, 3.8) is 0 Å². The average Bonchev–Trinajstić information content (AvgIpc) is 2.97. The minimum atomic E-state index is -0.0616. The van der Waals surface area contributed by atoms with Crippen molar-refractivity contribution in [2.24, 2.45) is 5.92 Å². The number of hydrogen-bond donors (Lipinski definition) is 1. The summed E-state index contributed by atoms with van der Waals surface area (Å²) in [5.74, 6) is 1.02. The summed E-state index contributed by atoms with van der Waals surface area (Å²) in [5, 5.41) is 2.72. The van der Waals surface area contributed by atoms with Gasteiger partial charge >= 0.3 is 0 Å². The van der Waals surface area contributed by atoms with Crippen molar-refractivity contribution in [2.75, 3.05) is 20.1 Å². The number of oxazole rings is 1. The zero-order valence-electron chi connectivity index (χ0n) is 12.2. The molecular weight excluding hydrogens is 242 g/mol. The molecule has 0 radical (unpaired) electrons. The fourth-order valence-electron chi connectivity index (χ4n) is 2.35. The highest BCUT2D eigenvalue weighted by Gasteiger charge is 2.28. The lowest BCUT2D eigenvalue weighted by Gasteiger charge is -2.14. The molecule has 0 aliphatic carbocycles. The van der Waals surface area contributed by atoms with Crippen LogP contribution in [0, 0.1) is 5.92 Å². The first kappa shape index (κ1) is 14.1. The number of amides is 1. The summed E-state index contributed by atoms with van der Waals surface area (Å²) in [6, 6.07) is 0. The lowest BCUT2D eigenvalue weighted by molar-refractivity contribution is -0.124. The minimum absolute atomic E-state index is 0.0616. The first-order chi connectivity index (χ1) is 8.90. The Morgan fingerprint density at radius 1 is 1.58 bits per heavy atom. The van der Waals surface area contributed by atoms with Gasteiger partial charge in [-0.25, -0.2) is 4.98 Å². The molecule has 5 heteroatoms. The molecule has 1 aromatic rings. The van der Waals surface area contributed by atoms with Crippen molar-refractivity contribution in [1.82, 2.24) is 15.2 Å². The van der Waals surface area contributed by atoms with E-state index in [1.807, 2.05) is 0 Å². The topological polar surface area (TPSA) is 58.4 Å². The molecule has 1 N–H and O–H groups in total. The third kappa shape index (κ3) is 3.35. The van der Waals surface area contributed by atoms with E-state index in [4.69, 9.17) is 4.42 Å². The van der Waals surface area contributed by atoms with E-state index in [1.165, 1.54) is 0 Å². The van der Waals surface area contributed by atoms with Gasteiger partial charge in [0.25, 0.3) is 0 Å². The van der Waals surface area contributed by atoms with Crippen molar-refractivity contribution in [1.29, 1.82) is 0 Å². The normalized spacial score (nSPS) is 20.7. The Balaban J connectivity index is 1.92. The minimum Gasteiger partial charge on any atom is -0.448 e. The van der Waals surface area contributed by atoms with Gasteiger partial charge in [0.05, 0.1) is 11.6 Å². The predicted molar refractivity (Wildman–Crippen MR) is 72.7 cm³/mol. The fourth-order valence-corrected chi connectivity index (χ4v) is 2.35. The zero-order valence-corrected chi connectivity index (χ0v) is 12.2. The second-order valence-electron chi connectivity index (χ2n) is 6.23. The molecule has 2 heterocycles. The van der Waals surface area contributed by atoms with Gasteiger partial charge in [-0.3, -0.25) is 9.69 Å². The first-order valence-electron chi connectivity index (χ1n) is 6.79. The van der Waals surface area contributed by atoms with Crippen molar-refractivity contribution < 1.29 is 9.21 Å². The molecule has 1 unspecified atom stereocenters. The molecule has 1 aliphatic heterocycles. The molecule has 0 saturated carbocycles. The van der Waals surface area contributed by atoms with Crippen molar-refractivity contribution in [2.45, 2.75) is 39.2 Å². The van der Waals surface area contributed by atoms with Gasteiger partial charge in [0.2, 0.25) is 5.91 Å². The molecule has 0 aromatic carbocycles. The first-order valence-corrected chi connectivity index (χ1v) is 6.79. The van der Waals surface area contributed by atoms with Gasteiger partial charge in [-0.1, -0.05) is 20.8 Å². The van der Waals surface area contributed by atoms with Crippen LogP contribution in [0.4, 0.5) is 0 Å². The maximum Gasteiger partial charge on any atom is 0.224 e. The molecule has 1 aliphatic rings. The SMILES string of the molecule is CNC(=O)C1CCN(Cc2coc(C(C)(C)C)n2)C1. The van der Waals surface area contributed by atoms with Crippen molar-refractivity contribution >= 4 is 5.91 Å². The van der Waals surface area contributed by atoms with Gasteiger partial charge in [0, 0.05) is 25.6 Å². The summed E-state index contributed by atoms with van der Waals surface area (Å²) >= 11 is 0. The van der Waals surface area contributed by atoms with Crippen LogP contribution in [-0.4, -0.2) is 35.9 Å². The Hall–Kier alpha value is -1.36. The Morgan fingerprint density at radius 3 is 2.89 bits per heavy atom. The summed E-state index contributed by atoms with van der Waals surface area (Å²) in [6.07, 6.45) is 2.65. The number of nitrogens with one attached hydrogen (secondary N) is 1.